The van der Waals surface area contributed by atoms with Crippen LogP contribution in [0.4, 0.5) is 0 Å². The molecular formula is C9H14ClN. The second kappa shape index (κ2) is 6.17. The molecule has 62 valence electrons. The molecule has 0 radical (unpaired) electrons. The van der Waals surface area contributed by atoms with Crippen molar-refractivity contribution < 1.29 is 0 Å². The molecular weight excluding hydrogens is 158 g/mol. The number of nitrogens with zero attached hydrogens (tertiary/aromatic N) is 1. The number of rotatable bonds is 1. The molecule has 0 aliphatic carbocycles. The van der Waals surface area contributed by atoms with E-state index in [9.17, 15) is 0 Å². The topological polar surface area (TPSA) is 12.9 Å². The third kappa shape index (κ3) is 3.99. The summed E-state index contributed by atoms with van der Waals surface area (Å²) in [7, 11) is 0. The zero-order valence-corrected chi connectivity index (χ0v) is 8.02. The fraction of sp³-hybridized carbons (Fsp3) is 0.444. The lowest BCUT2D eigenvalue weighted by Gasteiger charge is -1.92. The van der Waals surface area contributed by atoms with Gasteiger partial charge in [0.05, 0.1) is 0 Å². The lowest BCUT2D eigenvalue weighted by atomic mass is 10.3. The van der Waals surface area contributed by atoms with E-state index in [1.807, 2.05) is 32.9 Å². The minimum absolute atomic E-state index is 0.549. The Labute approximate surface area is 73.4 Å². The largest absolute Gasteiger partial charge is 0.261 e. The summed E-state index contributed by atoms with van der Waals surface area (Å²) < 4.78 is 0. The lowest BCUT2D eigenvalue weighted by Crippen LogP contribution is -1.81. The maximum atomic E-state index is 5.54. The summed E-state index contributed by atoms with van der Waals surface area (Å²) in [6, 6.07) is 3.94. The van der Waals surface area contributed by atoms with E-state index in [1.54, 1.807) is 6.20 Å². The summed E-state index contributed by atoms with van der Waals surface area (Å²) in [5, 5.41) is 0. The zero-order chi connectivity index (χ0) is 8.69. The van der Waals surface area contributed by atoms with E-state index in [1.165, 1.54) is 0 Å². The van der Waals surface area contributed by atoms with Gasteiger partial charge < -0.3 is 0 Å². The third-order valence-electron chi connectivity index (χ3n) is 1.13. The number of hydrogen-bond donors (Lipinski definition) is 0. The van der Waals surface area contributed by atoms with Gasteiger partial charge >= 0.3 is 0 Å². The van der Waals surface area contributed by atoms with Crippen LogP contribution in [0.2, 0.25) is 0 Å². The van der Waals surface area contributed by atoms with Crippen LogP contribution in [-0.2, 0) is 5.88 Å². The van der Waals surface area contributed by atoms with Crippen LogP contribution in [0.3, 0.4) is 0 Å². The average Bonchev–Trinajstić information content (AvgIpc) is 2.10. The van der Waals surface area contributed by atoms with Crippen LogP contribution in [0.5, 0.6) is 0 Å². The van der Waals surface area contributed by atoms with E-state index < -0.39 is 0 Å². The highest BCUT2D eigenvalue weighted by molar-refractivity contribution is 6.17. The van der Waals surface area contributed by atoms with E-state index in [4.69, 9.17) is 11.6 Å². The van der Waals surface area contributed by atoms with Crippen LogP contribution >= 0.6 is 11.6 Å². The molecule has 2 heteroatoms. The molecule has 0 bridgehead atoms. The molecule has 1 heterocycles. The Balaban J connectivity index is 0.000000461. The van der Waals surface area contributed by atoms with Crippen molar-refractivity contribution in [1.82, 2.24) is 4.98 Å². The summed E-state index contributed by atoms with van der Waals surface area (Å²) in [5.74, 6) is 0.549. The molecule has 1 aromatic heterocycles. The molecule has 11 heavy (non-hydrogen) atoms. The summed E-state index contributed by atoms with van der Waals surface area (Å²) in [5.41, 5.74) is 2.10. The summed E-state index contributed by atoms with van der Waals surface area (Å²) in [6.45, 7) is 5.96. The minimum Gasteiger partial charge on any atom is -0.261 e. The van der Waals surface area contributed by atoms with Crippen LogP contribution in [-0.4, -0.2) is 4.98 Å². The molecule has 0 N–H and O–H groups in total. The minimum atomic E-state index is 0.549. The van der Waals surface area contributed by atoms with Gasteiger partial charge in [-0.1, -0.05) is 19.9 Å². The van der Waals surface area contributed by atoms with Crippen LogP contribution in [0.1, 0.15) is 25.1 Å². The Kier molecular flexibility index (Phi) is 5.86. The fourth-order valence-corrected chi connectivity index (χ4v) is 0.736. The van der Waals surface area contributed by atoms with Gasteiger partial charge in [-0.05, 0) is 18.6 Å². The normalized spacial score (nSPS) is 8.36. The smallest absolute Gasteiger partial charge is 0.0489 e. The van der Waals surface area contributed by atoms with Gasteiger partial charge in [-0.25, -0.2) is 0 Å². The third-order valence-corrected chi connectivity index (χ3v) is 1.44. The van der Waals surface area contributed by atoms with E-state index >= 15 is 0 Å². The lowest BCUT2D eigenvalue weighted by molar-refractivity contribution is 1.16. The van der Waals surface area contributed by atoms with Crippen LogP contribution in [0, 0.1) is 6.92 Å². The Morgan fingerprint density at radius 2 is 2.00 bits per heavy atom. The fourth-order valence-electron chi connectivity index (χ4n) is 0.577. The predicted molar refractivity (Wildman–Crippen MR) is 49.9 cm³/mol. The molecule has 0 aliphatic heterocycles. The molecule has 0 amide bonds. The molecule has 1 nitrogen and oxygen atoms in total. The van der Waals surface area contributed by atoms with Crippen molar-refractivity contribution in [2.45, 2.75) is 26.7 Å². The Morgan fingerprint density at radius 3 is 2.36 bits per heavy atom. The van der Waals surface area contributed by atoms with Crippen LogP contribution < -0.4 is 0 Å². The second-order valence-corrected chi connectivity index (χ2v) is 2.21. The average molecular weight is 172 g/mol. The molecule has 0 spiro atoms. The van der Waals surface area contributed by atoms with Gasteiger partial charge in [0.25, 0.3) is 0 Å². The van der Waals surface area contributed by atoms with Crippen LogP contribution in [0.25, 0.3) is 0 Å². The van der Waals surface area contributed by atoms with Crippen molar-refractivity contribution in [3.8, 4) is 0 Å². The van der Waals surface area contributed by atoms with Crippen molar-refractivity contribution in [3.63, 3.8) is 0 Å². The Morgan fingerprint density at radius 1 is 1.36 bits per heavy atom. The highest BCUT2D eigenvalue weighted by Crippen LogP contribution is 2.01. The van der Waals surface area contributed by atoms with E-state index in [0.29, 0.717) is 5.88 Å². The SMILES string of the molecule is CC.Cc1ccc(CCl)cn1. The van der Waals surface area contributed by atoms with Gasteiger partial charge in [-0.3, -0.25) is 4.98 Å². The van der Waals surface area contributed by atoms with Gasteiger partial charge in [0.15, 0.2) is 0 Å². The molecule has 1 rings (SSSR count). The van der Waals surface area contributed by atoms with Crippen molar-refractivity contribution in [3.05, 3.63) is 29.6 Å². The number of pyridine rings is 1. The van der Waals surface area contributed by atoms with E-state index in [0.717, 1.165) is 11.3 Å². The number of halogens is 1. The molecule has 0 saturated heterocycles. The number of aryl methyl sites for hydroxylation is 1. The molecule has 0 aromatic carbocycles. The first-order valence-electron chi connectivity index (χ1n) is 3.80. The highest BCUT2D eigenvalue weighted by atomic mass is 35.5. The molecule has 0 unspecified atom stereocenters. The quantitative estimate of drug-likeness (QED) is 0.592. The molecule has 0 aliphatic rings. The number of alkyl halides is 1. The van der Waals surface area contributed by atoms with Gasteiger partial charge in [-0.2, -0.15) is 0 Å². The van der Waals surface area contributed by atoms with Crippen molar-refractivity contribution in [2.75, 3.05) is 0 Å². The standard InChI is InChI=1S/C7H8ClN.C2H6/c1-6-2-3-7(4-8)5-9-6;1-2/h2-3,5H,4H2,1H3;1-2H3. The summed E-state index contributed by atoms with van der Waals surface area (Å²) in [6.07, 6.45) is 1.79. The van der Waals surface area contributed by atoms with Crippen molar-refractivity contribution in [2.24, 2.45) is 0 Å². The monoisotopic (exact) mass is 171 g/mol. The van der Waals surface area contributed by atoms with E-state index in [2.05, 4.69) is 4.98 Å². The maximum Gasteiger partial charge on any atom is 0.0489 e. The molecule has 0 saturated carbocycles. The molecule has 0 fully saturated rings. The van der Waals surface area contributed by atoms with Gasteiger partial charge in [0, 0.05) is 17.8 Å². The predicted octanol–water partition coefficient (Wildman–Crippen LogP) is 3.16. The van der Waals surface area contributed by atoms with Crippen molar-refractivity contribution in [1.29, 1.82) is 0 Å². The van der Waals surface area contributed by atoms with Gasteiger partial charge in [0.1, 0.15) is 0 Å². The number of hydrogen-bond acceptors (Lipinski definition) is 1. The van der Waals surface area contributed by atoms with Gasteiger partial charge in [0.2, 0.25) is 0 Å². The maximum absolute atomic E-state index is 5.54. The number of aromatic nitrogens is 1. The zero-order valence-electron chi connectivity index (χ0n) is 7.26. The Bertz CT molecular complexity index is 181. The first-order chi connectivity index (χ1) is 5.33. The summed E-state index contributed by atoms with van der Waals surface area (Å²) in [4.78, 5) is 4.07. The van der Waals surface area contributed by atoms with Gasteiger partial charge in [-0.15, -0.1) is 11.6 Å². The summed E-state index contributed by atoms with van der Waals surface area (Å²) >= 11 is 5.54. The van der Waals surface area contributed by atoms with Crippen LogP contribution in [0.15, 0.2) is 18.3 Å². The first kappa shape index (κ1) is 10.4. The van der Waals surface area contributed by atoms with Crippen molar-refractivity contribution >= 4 is 11.6 Å². The Hall–Kier alpha value is -0.560. The first-order valence-corrected chi connectivity index (χ1v) is 4.34. The second-order valence-electron chi connectivity index (χ2n) is 1.94. The highest BCUT2D eigenvalue weighted by Gasteiger charge is 1.87. The molecule has 1 aromatic rings. The molecule has 0 atom stereocenters. The van der Waals surface area contributed by atoms with E-state index in [-0.39, 0.29) is 0 Å².